The van der Waals surface area contributed by atoms with Gasteiger partial charge < -0.3 is 15.2 Å². The van der Waals surface area contributed by atoms with Gasteiger partial charge in [-0.05, 0) is 37.2 Å². The molecule has 2 aliphatic rings. The molecular weight excluding hydrogens is 414 g/mol. The van der Waals surface area contributed by atoms with E-state index in [9.17, 15) is 19.5 Å². The Bertz CT molecular complexity index is 1040. The summed E-state index contributed by atoms with van der Waals surface area (Å²) in [6, 6.07) is 7.79. The lowest BCUT2D eigenvalue weighted by molar-refractivity contribution is -0.146. The summed E-state index contributed by atoms with van der Waals surface area (Å²) >= 11 is 1.26. The predicted molar refractivity (Wildman–Crippen MR) is 119 cm³/mol. The van der Waals surface area contributed by atoms with E-state index in [1.54, 1.807) is 0 Å². The van der Waals surface area contributed by atoms with Crippen LogP contribution in [0, 0.1) is 30.6 Å². The molecule has 0 radical (unpaired) electrons. The van der Waals surface area contributed by atoms with Gasteiger partial charge in [0.2, 0.25) is 5.91 Å². The molecule has 1 aromatic heterocycles. The van der Waals surface area contributed by atoms with E-state index >= 15 is 0 Å². The molecule has 1 amide bonds. The van der Waals surface area contributed by atoms with Crippen molar-refractivity contribution in [2.75, 3.05) is 11.9 Å². The maximum atomic E-state index is 13.1. The highest BCUT2D eigenvalue weighted by molar-refractivity contribution is 7.15. The van der Waals surface area contributed by atoms with E-state index in [0.29, 0.717) is 29.0 Å². The quantitative estimate of drug-likeness (QED) is 0.480. The van der Waals surface area contributed by atoms with Gasteiger partial charge in [-0.1, -0.05) is 48.9 Å². The van der Waals surface area contributed by atoms with Crippen LogP contribution in [0.1, 0.15) is 35.7 Å². The number of carbonyl (C=O) groups excluding carboxylic acids is 2. The van der Waals surface area contributed by atoms with Gasteiger partial charge in [0.15, 0.2) is 0 Å². The van der Waals surface area contributed by atoms with Crippen LogP contribution in [0.2, 0.25) is 0 Å². The summed E-state index contributed by atoms with van der Waals surface area (Å²) in [5, 5.41) is 14.7. The lowest BCUT2D eigenvalue weighted by Crippen LogP contribution is -2.36. The number of esters is 1. The first kappa shape index (κ1) is 21.3. The fourth-order valence-corrected chi connectivity index (χ4v) is 5.54. The van der Waals surface area contributed by atoms with Gasteiger partial charge in [-0.15, -0.1) is 11.3 Å². The van der Waals surface area contributed by atoms with Crippen LogP contribution in [0.4, 0.5) is 5.00 Å². The fraction of sp³-hybridized carbons (Fsp3) is 0.375. The number of allylic oxidation sites excluding steroid dienone is 2. The Morgan fingerprint density at radius 3 is 2.45 bits per heavy atom. The summed E-state index contributed by atoms with van der Waals surface area (Å²) in [4.78, 5) is 37.8. The normalized spacial score (nSPS) is 23.7. The molecule has 1 saturated carbocycles. The van der Waals surface area contributed by atoms with Crippen molar-refractivity contribution in [2.24, 2.45) is 23.7 Å². The summed E-state index contributed by atoms with van der Waals surface area (Å²) in [7, 11) is 0. The van der Waals surface area contributed by atoms with E-state index in [-0.39, 0.29) is 24.3 Å². The Labute approximate surface area is 184 Å². The second-order valence-electron chi connectivity index (χ2n) is 8.18. The number of thiophene rings is 1. The molecule has 1 heterocycles. The highest BCUT2D eigenvalue weighted by Crippen LogP contribution is 2.49. The number of ether oxygens (including phenoxy) is 1. The molecule has 0 saturated heterocycles. The van der Waals surface area contributed by atoms with Crippen LogP contribution in [-0.4, -0.2) is 29.6 Å². The number of amides is 1. The number of carbonyl (C=O) groups is 3. The van der Waals surface area contributed by atoms with Crippen LogP contribution in [0.25, 0.3) is 11.1 Å². The third kappa shape index (κ3) is 4.02. The first-order valence-corrected chi connectivity index (χ1v) is 11.4. The van der Waals surface area contributed by atoms with Crippen molar-refractivity contribution in [1.29, 1.82) is 0 Å². The molecule has 1 aromatic carbocycles. The zero-order valence-electron chi connectivity index (χ0n) is 17.5. The number of hydrogen-bond donors (Lipinski definition) is 2. The van der Waals surface area contributed by atoms with E-state index in [4.69, 9.17) is 4.74 Å². The molecular formula is C24H25NO5S. The third-order valence-corrected chi connectivity index (χ3v) is 6.97. The minimum atomic E-state index is -0.953. The molecule has 0 aliphatic heterocycles. The zero-order valence-corrected chi connectivity index (χ0v) is 18.3. The van der Waals surface area contributed by atoms with E-state index < -0.39 is 23.8 Å². The monoisotopic (exact) mass is 439 g/mol. The van der Waals surface area contributed by atoms with Gasteiger partial charge in [-0.25, -0.2) is 4.79 Å². The van der Waals surface area contributed by atoms with Crippen molar-refractivity contribution in [2.45, 2.75) is 26.7 Å². The topological polar surface area (TPSA) is 92.7 Å². The van der Waals surface area contributed by atoms with Crippen LogP contribution >= 0.6 is 11.3 Å². The Balaban J connectivity index is 1.65. The van der Waals surface area contributed by atoms with Crippen LogP contribution < -0.4 is 5.32 Å². The van der Waals surface area contributed by atoms with Gasteiger partial charge in [0.05, 0.1) is 18.4 Å². The van der Waals surface area contributed by atoms with Crippen molar-refractivity contribution in [1.82, 2.24) is 0 Å². The van der Waals surface area contributed by atoms with Crippen LogP contribution in [0.5, 0.6) is 0 Å². The van der Waals surface area contributed by atoms with E-state index in [2.05, 4.69) is 5.32 Å². The molecule has 6 nitrogen and oxygen atoms in total. The number of carboxylic acids is 1. The van der Waals surface area contributed by atoms with Crippen molar-refractivity contribution in [3.63, 3.8) is 0 Å². The Morgan fingerprint density at radius 2 is 1.81 bits per heavy atom. The SMILES string of the molecule is CCCOC(=O)c1c(-c2ccc(C)cc2)csc1NC(=O)[C@@H]1[C@@H](C(=O)O)[C@H]2C=C[C@@H]1C2. The van der Waals surface area contributed by atoms with E-state index in [0.717, 1.165) is 11.1 Å². The smallest absolute Gasteiger partial charge is 0.341 e. The Kier molecular flexibility index (Phi) is 5.96. The number of hydrogen-bond acceptors (Lipinski definition) is 5. The minimum Gasteiger partial charge on any atom is -0.481 e. The number of aliphatic carboxylic acids is 1. The maximum absolute atomic E-state index is 13.1. The summed E-state index contributed by atoms with van der Waals surface area (Å²) < 4.78 is 5.39. The lowest BCUT2D eigenvalue weighted by atomic mass is 9.82. The number of rotatable bonds is 7. The molecule has 4 atom stereocenters. The highest BCUT2D eigenvalue weighted by Gasteiger charge is 2.51. The summed E-state index contributed by atoms with van der Waals surface area (Å²) in [5.41, 5.74) is 2.98. The molecule has 7 heteroatoms. The molecule has 2 aliphatic carbocycles. The number of carboxylic acid groups (broad SMARTS) is 1. The average Bonchev–Trinajstić information content (AvgIpc) is 3.47. The molecule has 2 aromatic rings. The van der Waals surface area contributed by atoms with Crippen LogP contribution in [0.15, 0.2) is 41.8 Å². The van der Waals surface area contributed by atoms with Gasteiger partial charge in [0, 0.05) is 10.9 Å². The standard InChI is InChI=1S/C24H25NO5S/c1-3-10-30-24(29)20-17(14-6-4-13(2)5-7-14)12-31-22(20)25-21(26)18-15-8-9-16(11-15)19(18)23(27)28/h4-9,12,15-16,18-19H,3,10-11H2,1-2H3,(H,25,26)(H,27,28)/t15-,16+,18+,19+/m1/s1. The number of benzene rings is 1. The van der Waals surface area contributed by atoms with Gasteiger partial charge in [-0.2, -0.15) is 0 Å². The van der Waals surface area contributed by atoms with Gasteiger partial charge in [0.1, 0.15) is 10.6 Å². The molecule has 2 N–H and O–H groups in total. The second kappa shape index (κ2) is 8.67. The summed E-state index contributed by atoms with van der Waals surface area (Å²) in [5.74, 6) is -3.37. The molecule has 162 valence electrons. The predicted octanol–water partition coefficient (Wildman–Crippen LogP) is 4.75. The van der Waals surface area contributed by atoms with Crippen molar-refractivity contribution >= 4 is 34.2 Å². The summed E-state index contributed by atoms with van der Waals surface area (Å²) in [6.45, 7) is 4.19. The maximum Gasteiger partial charge on any atom is 0.341 e. The number of anilines is 1. The number of nitrogens with one attached hydrogen (secondary N) is 1. The molecule has 0 spiro atoms. The Morgan fingerprint density at radius 1 is 1.13 bits per heavy atom. The lowest BCUT2D eigenvalue weighted by Gasteiger charge is -2.23. The Hall–Kier alpha value is -2.93. The minimum absolute atomic E-state index is 0.0851. The molecule has 2 bridgehead atoms. The molecule has 31 heavy (non-hydrogen) atoms. The highest BCUT2D eigenvalue weighted by atomic mass is 32.1. The van der Waals surface area contributed by atoms with Gasteiger partial charge in [0.25, 0.3) is 0 Å². The average molecular weight is 440 g/mol. The number of aryl methyl sites for hydroxylation is 1. The van der Waals surface area contributed by atoms with Crippen molar-refractivity contribution in [3.05, 3.63) is 52.9 Å². The van der Waals surface area contributed by atoms with Gasteiger partial charge in [-0.3, -0.25) is 9.59 Å². The van der Waals surface area contributed by atoms with Crippen LogP contribution in [0.3, 0.4) is 0 Å². The van der Waals surface area contributed by atoms with Crippen LogP contribution in [-0.2, 0) is 14.3 Å². The molecule has 4 rings (SSSR count). The third-order valence-electron chi connectivity index (χ3n) is 6.08. The molecule has 0 unspecified atom stereocenters. The van der Waals surface area contributed by atoms with Gasteiger partial charge >= 0.3 is 11.9 Å². The first-order chi connectivity index (χ1) is 14.9. The van der Waals surface area contributed by atoms with Crippen molar-refractivity contribution < 1.29 is 24.2 Å². The second-order valence-corrected chi connectivity index (χ2v) is 9.06. The first-order valence-electron chi connectivity index (χ1n) is 10.5. The van der Waals surface area contributed by atoms with Crippen molar-refractivity contribution in [3.8, 4) is 11.1 Å². The largest absolute Gasteiger partial charge is 0.481 e. The van der Waals surface area contributed by atoms with E-state index in [1.807, 2.05) is 55.6 Å². The van der Waals surface area contributed by atoms with E-state index in [1.165, 1.54) is 11.3 Å². The summed E-state index contributed by atoms with van der Waals surface area (Å²) in [6.07, 6.45) is 5.22. The zero-order chi connectivity index (χ0) is 22.1. The fourth-order valence-electron chi connectivity index (χ4n) is 4.58. The molecule has 1 fully saturated rings. The number of fused-ring (bicyclic) bond motifs is 2.